The van der Waals surface area contributed by atoms with E-state index >= 15 is 0 Å². The molecule has 0 saturated heterocycles. The Kier molecular flexibility index (Phi) is 4.83. The van der Waals surface area contributed by atoms with Crippen molar-refractivity contribution in [2.75, 3.05) is 0 Å². The number of alkyl carbamates (subject to hydrolysis) is 1. The van der Waals surface area contributed by atoms with E-state index in [1.165, 1.54) is 5.56 Å². The lowest BCUT2D eigenvalue weighted by Gasteiger charge is -2.38. The van der Waals surface area contributed by atoms with Crippen LogP contribution in [0.15, 0.2) is 30.5 Å². The predicted octanol–water partition coefficient (Wildman–Crippen LogP) is 3.93. The Balaban J connectivity index is 1.96. The van der Waals surface area contributed by atoms with Gasteiger partial charge in [-0.05, 0) is 79.5 Å². The zero-order chi connectivity index (χ0) is 18.2. The quantitative estimate of drug-likeness (QED) is 0.702. The van der Waals surface area contributed by atoms with Gasteiger partial charge in [0.2, 0.25) is 0 Å². The van der Waals surface area contributed by atoms with Crippen molar-refractivity contribution < 1.29 is 9.53 Å². The van der Waals surface area contributed by atoms with E-state index in [1.807, 2.05) is 44.8 Å². The molecule has 2 aromatic rings. The monoisotopic (exact) mass is 453 g/mol. The van der Waals surface area contributed by atoms with Crippen molar-refractivity contribution in [1.29, 1.82) is 0 Å². The molecule has 1 aromatic heterocycles. The van der Waals surface area contributed by atoms with Crippen LogP contribution in [0.1, 0.15) is 44.0 Å². The van der Waals surface area contributed by atoms with Crippen molar-refractivity contribution in [1.82, 2.24) is 15.1 Å². The molecule has 3 rings (SSSR count). The first-order valence-corrected chi connectivity index (χ1v) is 9.53. The number of carbonyl (C=O) groups is 1. The maximum Gasteiger partial charge on any atom is 0.408 e. The largest absolute Gasteiger partial charge is 0.444 e. The second-order valence-corrected chi connectivity index (χ2v) is 8.92. The standard InChI is InChI=1S/C19H24IN3O2/c1-18(2,3)25-17(24)21-19(14-6-5-7-15(20)10-14)9-8-16-13(11-19)12-23(4)22-16/h5-7,10,12H,8-9,11H2,1-4H3,(H,21,24). The smallest absolute Gasteiger partial charge is 0.408 e. The van der Waals surface area contributed by atoms with Gasteiger partial charge in [-0.2, -0.15) is 5.10 Å². The molecule has 0 aliphatic heterocycles. The summed E-state index contributed by atoms with van der Waals surface area (Å²) < 4.78 is 8.54. The van der Waals surface area contributed by atoms with Crippen LogP contribution in [-0.2, 0) is 30.2 Å². The first-order chi connectivity index (χ1) is 11.7. The highest BCUT2D eigenvalue weighted by atomic mass is 127. The van der Waals surface area contributed by atoms with E-state index in [-0.39, 0.29) is 6.09 Å². The molecule has 1 aromatic carbocycles. The molecule has 1 N–H and O–H groups in total. The SMILES string of the molecule is Cn1cc2c(n1)CCC(NC(=O)OC(C)(C)C)(c1cccc(I)c1)C2. The Bertz CT molecular complexity index is 794. The summed E-state index contributed by atoms with van der Waals surface area (Å²) in [4.78, 5) is 12.6. The molecule has 0 saturated carbocycles. The number of hydrogen-bond donors (Lipinski definition) is 1. The summed E-state index contributed by atoms with van der Waals surface area (Å²) in [6.45, 7) is 5.64. The van der Waals surface area contributed by atoms with Crippen LogP contribution in [0.25, 0.3) is 0 Å². The van der Waals surface area contributed by atoms with Crippen LogP contribution in [0.2, 0.25) is 0 Å². The molecule has 5 nitrogen and oxygen atoms in total. The average Bonchev–Trinajstić information content (AvgIpc) is 2.84. The van der Waals surface area contributed by atoms with Crippen LogP contribution in [0, 0.1) is 3.57 Å². The molecule has 0 spiro atoms. The lowest BCUT2D eigenvalue weighted by Crippen LogP contribution is -2.51. The van der Waals surface area contributed by atoms with E-state index < -0.39 is 11.1 Å². The van der Waals surface area contributed by atoms with Gasteiger partial charge < -0.3 is 10.1 Å². The highest BCUT2D eigenvalue weighted by Crippen LogP contribution is 2.37. The first-order valence-electron chi connectivity index (χ1n) is 8.45. The normalized spacial score (nSPS) is 20.0. The Morgan fingerprint density at radius 2 is 2.16 bits per heavy atom. The topological polar surface area (TPSA) is 56.2 Å². The van der Waals surface area contributed by atoms with Crippen molar-refractivity contribution in [2.24, 2.45) is 7.05 Å². The van der Waals surface area contributed by atoms with Crippen molar-refractivity contribution in [3.8, 4) is 0 Å². The van der Waals surface area contributed by atoms with Crippen molar-refractivity contribution in [3.05, 3.63) is 50.9 Å². The Hall–Kier alpha value is -1.57. The predicted molar refractivity (Wildman–Crippen MR) is 105 cm³/mol. The number of fused-ring (bicyclic) bond motifs is 1. The van der Waals surface area contributed by atoms with Gasteiger partial charge in [-0.3, -0.25) is 4.68 Å². The summed E-state index contributed by atoms with van der Waals surface area (Å²) in [5, 5.41) is 7.72. The number of carbonyl (C=O) groups excluding carboxylic acids is 1. The zero-order valence-corrected chi connectivity index (χ0v) is 17.3. The van der Waals surface area contributed by atoms with E-state index in [4.69, 9.17) is 4.74 Å². The molecule has 1 unspecified atom stereocenters. The fourth-order valence-corrected chi connectivity index (χ4v) is 3.94. The molecule has 0 radical (unpaired) electrons. The van der Waals surface area contributed by atoms with E-state index in [0.29, 0.717) is 0 Å². The molecular formula is C19H24IN3O2. The summed E-state index contributed by atoms with van der Waals surface area (Å²) in [7, 11) is 1.94. The maximum atomic E-state index is 12.6. The van der Waals surface area contributed by atoms with Crippen LogP contribution >= 0.6 is 22.6 Å². The fourth-order valence-electron chi connectivity index (χ4n) is 3.40. The van der Waals surface area contributed by atoms with E-state index in [0.717, 1.165) is 34.1 Å². The Morgan fingerprint density at radius 1 is 1.40 bits per heavy atom. The second kappa shape index (κ2) is 6.63. The molecule has 134 valence electrons. The molecular weight excluding hydrogens is 429 g/mol. The molecule has 1 heterocycles. The lowest BCUT2D eigenvalue weighted by molar-refractivity contribution is 0.0439. The number of amides is 1. The third-order valence-electron chi connectivity index (χ3n) is 4.39. The number of rotatable bonds is 2. The lowest BCUT2D eigenvalue weighted by atomic mass is 9.76. The third kappa shape index (κ3) is 4.16. The second-order valence-electron chi connectivity index (χ2n) is 7.67. The van der Waals surface area contributed by atoms with Gasteiger partial charge >= 0.3 is 6.09 Å². The molecule has 25 heavy (non-hydrogen) atoms. The van der Waals surface area contributed by atoms with Gasteiger partial charge in [0, 0.05) is 23.2 Å². The molecule has 0 fully saturated rings. The van der Waals surface area contributed by atoms with Crippen LogP contribution in [0.4, 0.5) is 4.79 Å². The van der Waals surface area contributed by atoms with Gasteiger partial charge in [0.1, 0.15) is 5.60 Å². The highest BCUT2D eigenvalue weighted by molar-refractivity contribution is 14.1. The Morgan fingerprint density at radius 3 is 2.84 bits per heavy atom. The van der Waals surface area contributed by atoms with Gasteiger partial charge in [0.05, 0.1) is 11.2 Å². The highest BCUT2D eigenvalue weighted by Gasteiger charge is 2.40. The molecule has 1 atom stereocenters. The number of benzene rings is 1. The van der Waals surface area contributed by atoms with Crippen LogP contribution < -0.4 is 5.32 Å². The number of ether oxygens (including phenoxy) is 1. The van der Waals surface area contributed by atoms with Gasteiger partial charge in [0.25, 0.3) is 0 Å². The van der Waals surface area contributed by atoms with Gasteiger partial charge in [-0.25, -0.2) is 4.79 Å². The number of aryl methyl sites for hydroxylation is 2. The van der Waals surface area contributed by atoms with Crippen LogP contribution in [0.5, 0.6) is 0 Å². The fraction of sp³-hybridized carbons (Fsp3) is 0.474. The summed E-state index contributed by atoms with van der Waals surface area (Å²) in [6, 6.07) is 8.32. The number of halogens is 1. The molecule has 1 aliphatic rings. The number of nitrogens with one attached hydrogen (secondary N) is 1. The van der Waals surface area contributed by atoms with Crippen molar-refractivity contribution in [3.63, 3.8) is 0 Å². The summed E-state index contributed by atoms with van der Waals surface area (Å²) in [5.41, 5.74) is 2.42. The number of hydrogen-bond acceptors (Lipinski definition) is 3. The van der Waals surface area contributed by atoms with Crippen molar-refractivity contribution >= 4 is 28.7 Å². The summed E-state index contributed by atoms with van der Waals surface area (Å²) in [5.74, 6) is 0. The number of aromatic nitrogens is 2. The average molecular weight is 453 g/mol. The van der Waals surface area contributed by atoms with E-state index in [1.54, 1.807) is 0 Å². The van der Waals surface area contributed by atoms with Crippen LogP contribution in [-0.4, -0.2) is 21.5 Å². The molecule has 1 aliphatic carbocycles. The van der Waals surface area contributed by atoms with E-state index in [2.05, 4.69) is 51.2 Å². The minimum absolute atomic E-state index is 0.376. The summed E-state index contributed by atoms with van der Waals surface area (Å²) >= 11 is 2.31. The molecule has 0 bridgehead atoms. The summed E-state index contributed by atoms with van der Waals surface area (Å²) in [6.07, 6.45) is 4.02. The maximum absolute atomic E-state index is 12.6. The number of nitrogens with zero attached hydrogens (tertiary/aromatic N) is 2. The zero-order valence-electron chi connectivity index (χ0n) is 15.1. The van der Waals surface area contributed by atoms with Crippen LogP contribution in [0.3, 0.4) is 0 Å². The van der Waals surface area contributed by atoms with Crippen molar-refractivity contribution in [2.45, 2.75) is 51.2 Å². The first kappa shape index (κ1) is 18.2. The van der Waals surface area contributed by atoms with Gasteiger partial charge in [-0.15, -0.1) is 0 Å². The third-order valence-corrected chi connectivity index (χ3v) is 5.06. The molecule has 1 amide bonds. The minimum Gasteiger partial charge on any atom is -0.444 e. The minimum atomic E-state index is -0.523. The van der Waals surface area contributed by atoms with Gasteiger partial charge in [0.15, 0.2) is 0 Å². The Labute approximate surface area is 162 Å². The molecule has 6 heteroatoms. The van der Waals surface area contributed by atoms with Gasteiger partial charge in [-0.1, -0.05) is 12.1 Å². The van der Waals surface area contributed by atoms with E-state index in [9.17, 15) is 4.79 Å².